The lowest BCUT2D eigenvalue weighted by Crippen LogP contribution is -2.25. The van der Waals surface area contributed by atoms with Crippen molar-refractivity contribution < 1.29 is 18.0 Å². The smallest absolute Gasteiger partial charge is 0.196 e. The van der Waals surface area contributed by atoms with Crippen molar-refractivity contribution in [3.63, 3.8) is 0 Å². The minimum Gasteiger partial charge on any atom is -0.397 e. The molecule has 1 aliphatic carbocycles. The second kappa shape index (κ2) is 6.56. The number of nitrogens with one attached hydrogen (secondary N) is 1. The number of nitrogen functional groups attached to an aromatic ring is 1. The van der Waals surface area contributed by atoms with E-state index in [0.29, 0.717) is 5.69 Å². The van der Waals surface area contributed by atoms with Crippen LogP contribution in [-0.2, 0) is 9.84 Å². The van der Waals surface area contributed by atoms with Crippen LogP contribution in [0.25, 0.3) is 0 Å². The maximum Gasteiger partial charge on any atom is 0.196 e. The minimum absolute atomic E-state index is 0.0771. The van der Waals surface area contributed by atoms with Crippen LogP contribution in [0.4, 0.5) is 17.1 Å². The molecule has 0 aromatic heterocycles. The van der Waals surface area contributed by atoms with Gasteiger partial charge in [0.2, 0.25) is 0 Å². The Morgan fingerprint density at radius 1 is 0.862 bits per heavy atom. The van der Waals surface area contributed by atoms with Gasteiger partial charge in [0.25, 0.3) is 0 Å². The summed E-state index contributed by atoms with van der Waals surface area (Å²) in [6, 6.07) is 15.2. The van der Waals surface area contributed by atoms with Crippen LogP contribution in [0.2, 0.25) is 0 Å². The summed E-state index contributed by atoms with van der Waals surface area (Å²) in [5.41, 5.74) is 8.26. The zero-order valence-electron chi connectivity index (χ0n) is 15.8. The van der Waals surface area contributed by atoms with E-state index < -0.39 is 15.6 Å². The Balaban J connectivity index is 2.03. The number of aryl methyl sites for hydroxylation is 1. The highest BCUT2D eigenvalue weighted by Crippen LogP contribution is 2.40. The number of fused-ring (bicyclic) bond motifs is 2. The van der Waals surface area contributed by atoms with Gasteiger partial charge in [0.1, 0.15) is 0 Å². The molecule has 0 amide bonds. The van der Waals surface area contributed by atoms with Gasteiger partial charge in [-0.1, -0.05) is 36.4 Å². The van der Waals surface area contributed by atoms with Crippen LogP contribution in [-0.4, -0.2) is 26.2 Å². The van der Waals surface area contributed by atoms with E-state index in [2.05, 4.69) is 5.32 Å². The van der Waals surface area contributed by atoms with E-state index in [-0.39, 0.29) is 44.3 Å². The molecular formula is C22H18N2O4S. The highest BCUT2D eigenvalue weighted by Gasteiger charge is 2.36. The lowest BCUT2D eigenvalue weighted by Gasteiger charge is -2.24. The monoisotopic (exact) mass is 406 g/mol. The summed E-state index contributed by atoms with van der Waals surface area (Å²) < 4.78 is 24.7. The van der Waals surface area contributed by atoms with Crippen molar-refractivity contribution in [2.75, 3.05) is 17.3 Å². The van der Waals surface area contributed by atoms with Gasteiger partial charge >= 0.3 is 0 Å². The molecular weight excluding hydrogens is 388 g/mol. The molecule has 0 unspecified atom stereocenters. The number of rotatable bonds is 3. The third-order valence-corrected chi connectivity index (χ3v) is 6.03. The minimum atomic E-state index is -3.74. The van der Waals surface area contributed by atoms with Crippen LogP contribution in [0, 0.1) is 6.92 Å². The molecule has 0 saturated heterocycles. The van der Waals surface area contributed by atoms with Gasteiger partial charge in [0.05, 0.1) is 27.4 Å². The predicted molar refractivity (Wildman–Crippen MR) is 112 cm³/mol. The van der Waals surface area contributed by atoms with Gasteiger partial charge in [-0.05, 0) is 30.7 Å². The van der Waals surface area contributed by atoms with Crippen molar-refractivity contribution in [2.24, 2.45) is 0 Å². The first-order chi connectivity index (χ1) is 13.7. The molecule has 0 bridgehead atoms. The summed E-state index contributed by atoms with van der Waals surface area (Å²) in [6.07, 6.45) is 1.02. The Morgan fingerprint density at radius 2 is 1.48 bits per heavy atom. The predicted octanol–water partition coefficient (Wildman–Crippen LogP) is 3.50. The number of hydrogen-bond acceptors (Lipinski definition) is 6. The maximum atomic E-state index is 13.2. The molecule has 29 heavy (non-hydrogen) atoms. The summed E-state index contributed by atoms with van der Waals surface area (Å²) in [5.74, 6) is -0.845. The number of sulfone groups is 1. The van der Waals surface area contributed by atoms with Gasteiger partial charge in [-0.2, -0.15) is 0 Å². The number of ketones is 2. The van der Waals surface area contributed by atoms with E-state index in [4.69, 9.17) is 5.73 Å². The van der Waals surface area contributed by atoms with Crippen LogP contribution >= 0.6 is 0 Å². The van der Waals surface area contributed by atoms with Gasteiger partial charge in [-0.3, -0.25) is 9.59 Å². The highest BCUT2D eigenvalue weighted by molar-refractivity contribution is 7.90. The Morgan fingerprint density at radius 3 is 2.07 bits per heavy atom. The fourth-order valence-corrected chi connectivity index (χ4v) is 4.41. The summed E-state index contributed by atoms with van der Waals surface area (Å²) in [7, 11) is -3.74. The number of nitrogens with two attached hydrogens (primary N) is 1. The third-order valence-electron chi connectivity index (χ3n) is 4.90. The van der Waals surface area contributed by atoms with Crippen LogP contribution in [0.3, 0.4) is 0 Å². The summed E-state index contributed by atoms with van der Waals surface area (Å²) in [5, 5.41) is 3.10. The first-order valence-corrected chi connectivity index (χ1v) is 10.8. The van der Waals surface area contributed by atoms with Gasteiger partial charge in [-0.25, -0.2) is 8.42 Å². The molecule has 0 radical (unpaired) electrons. The fraction of sp³-hybridized carbons (Fsp3) is 0.0909. The maximum absolute atomic E-state index is 13.2. The highest BCUT2D eigenvalue weighted by atomic mass is 32.2. The van der Waals surface area contributed by atoms with E-state index >= 15 is 0 Å². The molecule has 7 heteroatoms. The van der Waals surface area contributed by atoms with E-state index in [9.17, 15) is 18.0 Å². The van der Waals surface area contributed by atoms with E-state index in [1.165, 1.54) is 6.07 Å². The van der Waals surface area contributed by atoms with Gasteiger partial charge in [-0.15, -0.1) is 0 Å². The average Bonchev–Trinajstić information content (AvgIpc) is 2.66. The molecule has 3 N–H and O–H groups in total. The van der Waals surface area contributed by atoms with Crippen LogP contribution < -0.4 is 11.1 Å². The van der Waals surface area contributed by atoms with Crippen molar-refractivity contribution in [1.82, 2.24) is 0 Å². The Kier molecular flexibility index (Phi) is 4.28. The molecule has 0 fully saturated rings. The summed E-state index contributed by atoms with van der Waals surface area (Å²) in [4.78, 5) is 26.2. The van der Waals surface area contributed by atoms with Crippen LogP contribution in [0.1, 0.15) is 37.4 Å². The summed E-state index contributed by atoms with van der Waals surface area (Å²) >= 11 is 0. The lowest BCUT2D eigenvalue weighted by atomic mass is 9.82. The quantitative estimate of drug-likeness (QED) is 0.505. The third kappa shape index (κ3) is 3.09. The standard InChI is InChI=1S/C22H18N2O4S/c1-12-6-5-7-13(10-12)24-16-11-17(29(2,27)28)20(23)19-18(16)21(25)14-8-3-4-9-15(14)22(19)26/h3-11,24H,23H2,1-2H3. The number of carbonyl (C=O) groups excluding carboxylic acids is 2. The normalized spacial score (nSPS) is 13.0. The Bertz CT molecular complexity index is 1310. The van der Waals surface area contributed by atoms with Crippen molar-refractivity contribution in [2.45, 2.75) is 11.8 Å². The molecule has 0 saturated carbocycles. The van der Waals surface area contributed by atoms with E-state index in [0.717, 1.165) is 11.8 Å². The second-order valence-electron chi connectivity index (χ2n) is 7.06. The summed E-state index contributed by atoms with van der Waals surface area (Å²) in [6.45, 7) is 1.91. The van der Waals surface area contributed by atoms with Crippen molar-refractivity contribution in [3.05, 3.63) is 82.4 Å². The van der Waals surface area contributed by atoms with Crippen LogP contribution in [0.15, 0.2) is 59.5 Å². The first kappa shape index (κ1) is 18.9. The molecule has 0 atom stereocenters. The molecule has 4 rings (SSSR count). The average molecular weight is 406 g/mol. The lowest BCUT2D eigenvalue weighted by molar-refractivity contribution is 0.0980. The zero-order valence-corrected chi connectivity index (χ0v) is 16.6. The molecule has 3 aromatic rings. The number of benzene rings is 3. The largest absolute Gasteiger partial charge is 0.397 e. The van der Waals surface area contributed by atoms with Gasteiger partial charge in [0, 0.05) is 23.1 Å². The first-order valence-electron chi connectivity index (χ1n) is 8.87. The molecule has 3 aromatic carbocycles. The Hall–Kier alpha value is -3.45. The molecule has 146 valence electrons. The molecule has 6 nitrogen and oxygen atoms in total. The Labute approximate surface area is 168 Å². The van der Waals surface area contributed by atoms with Gasteiger partial charge < -0.3 is 11.1 Å². The second-order valence-corrected chi connectivity index (χ2v) is 9.04. The molecule has 0 aliphatic heterocycles. The number of hydrogen-bond donors (Lipinski definition) is 2. The number of anilines is 3. The van der Waals surface area contributed by atoms with Crippen molar-refractivity contribution in [3.8, 4) is 0 Å². The molecule has 0 spiro atoms. The SMILES string of the molecule is Cc1cccc(Nc2cc(S(C)(=O)=O)c(N)c3c2C(=O)c2ccccc2C3=O)c1. The fourth-order valence-electron chi connectivity index (χ4n) is 3.58. The van der Waals surface area contributed by atoms with E-state index in [1.54, 1.807) is 30.3 Å². The molecule has 0 heterocycles. The van der Waals surface area contributed by atoms with Crippen LogP contribution in [0.5, 0.6) is 0 Å². The van der Waals surface area contributed by atoms with Crippen molar-refractivity contribution in [1.29, 1.82) is 0 Å². The van der Waals surface area contributed by atoms with Gasteiger partial charge in [0.15, 0.2) is 21.4 Å². The topological polar surface area (TPSA) is 106 Å². The van der Waals surface area contributed by atoms with E-state index in [1.807, 2.05) is 25.1 Å². The zero-order chi connectivity index (χ0) is 20.9. The molecule has 1 aliphatic rings. The van der Waals surface area contributed by atoms with Crippen molar-refractivity contribution >= 4 is 38.5 Å². The number of carbonyl (C=O) groups is 2.